The molecule has 0 spiro atoms. The van der Waals surface area contributed by atoms with Gasteiger partial charge in [-0.1, -0.05) is 42.5 Å². The molecule has 6 rings (SSSR count). The van der Waals surface area contributed by atoms with Crippen molar-refractivity contribution in [2.75, 3.05) is 30.5 Å². The molecular formula is C27H31N3O2S. The molecule has 0 aromatic heterocycles. The van der Waals surface area contributed by atoms with Gasteiger partial charge in [-0.05, 0) is 91.3 Å². The third-order valence-electron chi connectivity index (χ3n) is 7.61. The van der Waals surface area contributed by atoms with Gasteiger partial charge in [-0.25, -0.2) is 8.42 Å². The summed E-state index contributed by atoms with van der Waals surface area (Å²) < 4.78 is 28.5. The SMILES string of the molecule is O=S(=O)(c1ccc2ccccc2c1)N1CCc2cc(C3CC3NCC3CCNCC3)ccc21. The van der Waals surface area contributed by atoms with Crippen molar-refractivity contribution in [2.45, 2.75) is 42.5 Å². The van der Waals surface area contributed by atoms with Crippen LogP contribution in [-0.4, -0.2) is 40.6 Å². The van der Waals surface area contributed by atoms with Crippen LogP contribution in [0, 0.1) is 5.92 Å². The summed E-state index contributed by atoms with van der Waals surface area (Å²) in [5.41, 5.74) is 3.34. The number of rotatable bonds is 6. The van der Waals surface area contributed by atoms with Gasteiger partial charge >= 0.3 is 0 Å². The van der Waals surface area contributed by atoms with E-state index in [0.29, 0.717) is 23.4 Å². The van der Waals surface area contributed by atoms with Crippen molar-refractivity contribution in [2.24, 2.45) is 5.92 Å². The van der Waals surface area contributed by atoms with Crippen LogP contribution in [0.25, 0.3) is 10.8 Å². The fraction of sp³-hybridized carbons (Fsp3) is 0.407. The molecule has 33 heavy (non-hydrogen) atoms. The highest BCUT2D eigenvalue weighted by Crippen LogP contribution is 2.44. The lowest BCUT2D eigenvalue weighted by Crippen LogP contribution is -2.34. The smallest absolute Gasteiger partial charge is 0.264 e. The average molecular weight is 462 g/mol. The Kier molecular flexibility index (Phi) is 5.40. The van der Waals surface area contributed by atoms with Crippen LogP contribution in [0.4, 0.5) is 5.69 Å². The van der Waals surface area contributed by atoms with Crippen molar-refractivity contribution in [1.82, 2.24) is 10.6 Å². The van der Waals surface area contributed by atoms with Crippen molar-refractivity contribution in [3.05, 3.63) is 71.8 Å². The van der Waals surface area contributed by atoms with Crippen LogP contribution in [0.5, 0.6) is 0 Å². The number of sulfonamides is 1. The summed E-state index contributed by atoms with van der Waals surface area (Å²) in [7, 11) is -3.58. The zero-order valence-electron chi connectivity index (χ0n) is 18.8. The zero-order chi connectivity index (χ0) is 22.4. The maximum atomic E-state index is 13.5. The minimum absolute atomic E-state index is 0.363. The minimum atomic E-state index is -3.58. The van der Waals surface area contributed by atoms with E-state index < -0.39 is 10.0 Å². The molecule has 1 saturated carbocycles. The van der Waals surface area contributed by atoms with Gasteiger partial charge in [-0.3, -0.25) is 4.31 Å². The summed E-state index contributed by atoms with van der Waals surface area (Å²) in [6.07, 6.45) is 4.49. The quantitative estimate of drug-likeness (QED) is 0.582. The summed E-state index contributed by atoms with van der Waals surface area (Å²) in [6.45, 7) is 3.91. The molecule has 0 bridgehead atoms. The van der Waals surface area contributed by atoms with Crippen LogP contribution in [0.1, 0.15) is 36.3 Å². The Labute approximate surface area is 196 Å². The largest absolute Gasteiger partial charge is 0.317 e. The van der Waals surface area contributed by atoms with Gasteiger partial charge in [0.05, 0.1) is 10.6 Å². The third-order valence-corrected chi connectivity index (χ3v) is 9.42. The van der Waals surface area contributed by atoms with E-state index >= 15 is 0 Å². The van der Waals surface area contributed by atoms with Gasteiger partial charge in [0.15, 0.2) is 0 Å². The number of benzene rings is 3. The van der Waals surface area contributed by atoms with Crippen LogP contribution in [0.15, 0.2) is 65.6 Å². The van der Waals surface area contributed by atoms with E-state index in [0.717, 1.165) is 54.0 Å². The molecule has 0 radical (unpaired) electrons. The Morgan fingerprint density at radius 1 is 0.970 bits per heavy atom. The highest BCUT2D eigenvalue weighted by molar-refractivity contribution is 7.92. The fourth-order valence-electron chi connectivity index (χ4n) is 5.52. The van der Waals surface area contributed by atoms with Crippen LogP contribution in [-0.2, 0) is 16.4 Å². The molecule has 3 aliphatic rings. The van der Waals surface area contributed by atoms with Crippen LogP contribution >= 0.6 is 0 Å². The molecule has 2 fully saturated rings. The first-order valence-corrected chi connectivity index (χ1v) is 13.6. The molecule has 1 aliphatic carbocycles. The molecule has 2 N–H and O–H groups in total. The fourth-order valence-corrected chi connectivity index (χ4v) is 7.06. The summed E-state index contributed by atoms with van der Waals surface area (Å²) in [5.74, 6) is 1.35. The first kappa shape index (κ1) is 21.1. The number of hydrogen-bond donors (Lipinski definition) is 2. The van der Waals surface area contributed by atoms with E-state index in [1.54, 1.807) is 16.4 Å². The molecule has 5 nitrogen and oxygen atoms in total. The van der Waals surface area contributed by atoms with E-state index in [1.165, 1.54) is 24.8 Å². The monoisotopic (exact) mass is 461 g/mol. The average Bonchev–Trinajstić information content (AvgIpc) is 3.51. The highest BCUT2D eigenvalue weighted by atomic mass is 32.2. The predicted octanol–water partition coefficient (Wildman–Crippen LogP) is 4.04. The second-order valence-corrected chi connectivity index (χ2v) is 11.6. The summed E-state index contributed by atoms with van der Waals surface area (Å²) >= 11 is 0. The van der Waals surface area contributed by atoms with Crippen molar-refractivity contribution < 1.29 is 8.42 Å². The van der Waals surface area contributed by atoms with Crippen molar-refractivity contribution in [3.8, 4) is 0 Å². The summed E-state index contributed by atoms with van der Waals surface area (Å²) in [5, 5.41) is 9.21. The number of nitrogens with zero attached hydrogens (tertiary/aromatic N) is 1. The predicted molar refractivity (Wildman–Crippen MR) is 133 cm³/mol. The molecule has 6 heteroatoms. The molecule has 3 aromatic carbocycles. The summed E-state index contributed by atoms with van der Waals surface area (Å²) in [4.78, 5) is 0.363. The molecule has 2 atom stereocenters. The minimum Gasteiger partial charge on any atom is -0.317 e. The number of piperidine rings is 1. The van der Waals surface area contributed by atoms with E-state index in [2.05, 4.69) is 22.8 Å². The van der Waals surface area contributed by atoms with Crippen molar-refractivity contribution >= 4 is 26.5 Å². The number of fused-ring (bicyclic) bond motifs is 2. The van der Waals surface area contributed by atoms with Gasteiger partial charge < -0.3 is 10.6 Å². The molecule has 2 unspecified atom stereocenters. The zero-order valence-corrected chi connectivity index (χ0v) is 19.7. The maximum Gasteiger partial charge on any atom is 0.264 e. The van der Waals surface area contributed by atoms with Gasteiger partial charge in [-0.15, -0.1) is 0 Å². The third kappa shape index (κ3) is 4.05. The molecule has 172 valence electrons. The van der Waals surface area contributed by atoms with Crippen molar-refractivity contribution in [1.29, 1.82) is 0 Å². The lowest BCUT2D eigenvalue weighted by molar-refractivity contribution is 0.355. The van der Waals surface area contributed by atoms with Crippen molar-refractivity contribution in [3.63, 3.8) is 0 Å². The first-order valence-electron chi connectivity index (χ1n) is 12.2. The Morgan fingerprint density at radius 3 is 2.64 bits per heavy atom. The highest BCUT2D eigenvalue weighted by Gasteiger charge is 2.39. The Balaban J connectivity index is 1.17. The first-order chi connectivity index (χ1) is 16.1. The van der Waals surface area contributed by atoms with Crippen LogP contribution < -0.4 is 14.9 Å². The lowest BCUT2D eigenvalue weighted by Gasteiger charge is -2.23. The van der Waals surface area contributed by atoms with E-state index in [-0.39, 0.29) is 0 Å². The standard InChI is InChI=1S/C27H31N3O2S/c31-33(32,24-7-5-20-3-1-2-4-21(20)16-24)30-14-11-23-15-22(6-8-27(23)30)25-17-26(25)29-18-19-9-12-28-13-10-19/h1-8,15-16,19,25-26,28-29H,9-14,17-18H2. The van der Waals surface area contributed by atoms with Gasteiger partial charge in [0, 0.05) is 18.5 Å². The van der Waals surface area contributed by atoms with E-state index in [1.807, 2.05) is 36.4 Å². The normalized spacial score (nSPS) is 23.1. The second kappa shape index (κ2) is 8.42. The number of hydrogen-bond acceptors (Lipinski definition) is 4. The van der Waals surface area contributed by atoms with Gasteiger partial charge in [0.25, 0.3) is 10.0 Å². The number of anilines is 1. The van der Waals surface area contributed by atoms with Gasteiger partial charge in [0.2, 0.25) is 0 Å². The Bertz CT molecular complexity index is 1280. The topological polar surface area (TPSA) is 61.4 Å². The molecule has 3 aromatic rings. The molecule has 2 aliphatic heterocycles. The molecular weight excluding hydrogens is 430 g/mol. The molecule has 1 saturated heterocycles. The van der Waals surface area contributed by atoms with Gasteiger partial charge in [0.1, 0.15) is 0 Å². The maximum absolute atomic E-state index is 13.5. The number of nitrogens with one attached hydrogen (secondary N) is 2. The van der Waals surface area contributed by atoms with Gasteiger partial charge in [-0.2, -0.15) is 0 Å². The van der Waals surface area contributed by atoms with E-state index in [4.69, 9.17) is 0 Å². The Morgan fingerprint density at radius 2 is 1.79 bits per heavy atom. The second-order valence-electron chi connectivity index (χ2n) is 9.77. The van der Waals surface area contributed by atoms with E-state index in [9.17, 15) is 8.42 Å². The molecule has 2 heterocycles. The Hall–Kier alpha value is -2.41. The van der Waals surface area contributed by atoms with Crippen LogP contribution in [0.2, 0.25) is 0 Å². The molecule has 0 amide bonds. The summed E-state index contributed by atoms with van der Waals surface area (Å²) in [6, 6.07) is 20.3. The van der Waals surface area contributed by atoms with Crippen LogP contribution in [0.3, 0.4) is 0 Å². The lowest BCUT2D eigenvalue weighted by atomic mass is 9.98.